The zero-order valence-corrected chi connectivity index (χ0v) is 14.7. The van der Waals surface area contributed by atoms with Gasteiger partial charge in [0.15, 0.2) is 0 Å². The van der Waals surface area contributed by atoms with Crippen LogP contribution in [0.25, 0.3) is 0 Å². The van der Waals surface area contributed by atoms with Gasteiger partial charge in [-0.05, 0) is 56.5 Å². The minimum atomic E-state index is -4.41. The monoisotopic (exact) mass is 379 g/mol. The quantitative estimate of drug-likeness (QED) is 0.435. The molecule has 2 nitrogen and oxygen atoms in total. The summed E-state index contributed by atoms with van der Waals surface area (Å²) in [5.41, 5.74) is 4.70. The number of ether oxygens (including phenoxy) is 1. The van der Waals surface area contributed by atoms with E-state index in [4.69, 9.17) is 10.5 Å². The number of unbranched alkanes of at least 4 members (excludes halogenated alkanes) is 3. The maximum Gasteiger partial charge on any atom is 0.416 e. The Labute approximate surface area is 150 Å². The normalized spacial score (nSPS) is 20.9. The van der Waals surface area contributed by atoms with Crippen LogP contribution in [0.2, 0.25) is 0 Å². The van der Waals surface area contributed by atoms with E-state index in [9.17, 15) is 22.0 Å². The number of alkyl halides is 5. The molecule has 1 aliphatic carbocycles. The third-order valence-electron chi connectivity index (χ3n) is 4.88. The summed E-state index contributed by atoms with van der Waals surface area (Å²) in [6.45, 7) is 0.625. The molecular weight excluding hydrogens is 353 g/mol. The third-order valence-corrected chi connectivity index (χ3v) is 4.88. The second-order valence-corrected chi connectivity index (χ2v) is 7.03. The molecule has 2 rings (SSSR count). The van der Waals surface area contributed by atoms with Gasteiger partial charge in [0.1, 0.15) is 11.9 Å². The highest BCUT2D eigenvalue weighted by molar-refractivity contribution is 5.29. The first kappa shape index (κ1) is 20.9. The third kappa shape index (κ3) is 6.41. The van der Waals surface area contributed by atoms with Crippen molar-refractivity contribution in [1.29, 1.82) is 0 Å². The summed E-state index contributed by atoms with van der Waals surface area (Å²) in [7, 11) is 0. The van der Waals surface area contributed by atoms with Crippen LogP contribution in [0.1, 0.15) is 56.9 Å². The summed E-state index contributed by atoms with van der Waals surface area (Å²) in [4.78, 5) is 0. The van der Waals surface area contributed by atoms with Crippen molar-refractivity contribution in [3.63, 3.8) is 0 Å². The molecule has 0 bridgehead atoms. The molecule has 0 radical (unpaired) electrons. The van der Waals surface area contributed by atoms with E-state index in [1.807, 2.05) is 0 Å². The molecule has 1 aliphatic rings. The molecule has 148 valence electrons. The first-order valence-electron chi connectivity index (χ1n) is 9.13. The second kappa shape index (κ2) is 9.02. The van der Waals surface area contributed by atoms with Crippen LogP contribution < -0.4 is 10.5 Å². The van der Waals surface area contributed by atoms with Crippen LogP contribution in [0.4, 0.5) is 22.0 Å². The van der Waals surface area contributed by atoms with E-state index in [2.05, 4.69) is 0 Å². The Morgan fingerprint density at radius 2 is 1.73 bits per heavy atom. The summed E-state index contributed by atoms with van der Waals surface area (Å²) < 4.78 is 70.9. The number of rotatable bonds is 9. The average molecular weight is 379 g/mol. The molecule has 26 heavy (non-hydrogen) atoms. The average Bonchev–Trinajstić information content (AvgIpc) is 2.93. The summed E-state index contributed by atoms with van der Waals surface area (Å²) in [6.07, 6.45) is -0.532. The molecule has 2 N–H and O–H groups in total. The van der Waals surface area contributed by atoms with Gasteiger partial charge < -0.3 is 10.5 Å². The van der Waals surface area contributed by atoms with Crippen molar-refractivity contribution < 1.29 is 26.7 Å². The predicted octanol–water partition coefficient (Wildman–Crippen LogP) is 5.80. The molecule has 0 aliphatic heterocycles. The molecule has 2 atom stereocenters. The van der Waals surface area contributed by atoms with Crippen LogP contribution in [0, 0.1) is 5.92 Å². The predicted molar refractivity (Wildman–Crippen MR) is 90.3 cm³/mol. The number of halogens is 5. The highest BCUT2D eigenvalue weighted by Crippen LogP contribution is 2.42. The van der Waals surface area contributed by atoms with Gasteiger partial charge in [-0.2, -0.15) is 13.2 Å². The summed E-state index contributed by atoms with van der Waals surface area (Å²) in [5, 5.41) is 0. The maximum absolute atomic E-state index is 13.6. The number of benzene rings is 1. The van der Waals surface area contributed by atoms with E-state index < -0.39 is 23.8 Å². The van der Waals surface area contributed by atoms with Gasteiger partial charge in [-0.15, -0.1) is 0 Å². The SMILES string of the molecule is NCCCCCCC(Oc1ccc(C(F)(F)F)cc1)[C@@H]1CCC(F)(F)C1. The van der Waals surface area contributed by atoms with Crippen LogP contribution in [-0.4, -0.2) is 18.6 Å². The Hall–Kier alpha value is -1.37. The Bertz CT molecular complexity index is 544. The molecule has 0 saturated heterocycles. The smallest absolute Gasteiger partial charge is 0.416 e. The van der Waals surface area contributed by atoms with E-state index >= 15 is 0 Å². The number of nitrogens with two attached hydrogens (primary N) is 1. The van der Waals surface area contributed by atoms with Crippen LogP contribution in [0.15, 0.2) is 24.3 Å². The molecule has 1 unspecified atom stereocenters. The van der Waals surface area contributed by atoms with Gasteiger partial charge in [-0.25, -0.2) is 8.78 Å². The minimum absolute atomic E-state index is 0.155. The van der Waals surface area contributed by atoms with E-state index in [0.717, 1.165) is 37.8 Å². The van der Waals surface area contributed by atoms with Crippen LogP contribution >= 0.6 is 0 Å². The van der Waals surface area contributed by atoms with Crippen molar-refractivity contribution in [2.24, 2.45) is 11.7 Å². The Morgan fingerprint density at radius 3 is 2.27 bits per heavy atom. The Morgan fingerprint density at radius 1 is 1.08 bits per heavy atom. The van der Waals surface area contributed by atoms with Gasteiger partial charge in [-0.1, -0.05) is 12.8 Å². The molecular formula is C19H26F5NO. The van der Waals surface area contributed by atoms with Gasteiger partial charge in [0.2, 0.25) is 5.92 Å². The van der Waals surface area contributed by atoms with Crippen molar-refractivity contribution in [1.82, 2.24) is 0 Å². The fourth-order valence-corrected chi connectivity index (χ4v) is 3.43. The van der Waals surface area contributed by atoms with Crippen molar-refractivity contribution in [3.05, 3.63) is 29.8 Å². The molecule has 0 amide bonds. The zero-order chi connectivity index (χ0) is 19.2. The first-order chi connectivity index (χ1) is 12.2. The van der Waals surface area contributed by atoms with Gasteiger partial charge >= 0.3 is 6.18 Å². The first-order valence-corrected chi connectivity index (χ1v) is 9.13. The zero-order valence-electron chi connectivity index (χ0n) is 14.7. The van der Waals surface area contributed by atoms with E-state index in [0.29, 0.717) is 25.1 Å². The van der Waals surface area contributed by atoms with Crippen LogP contribution in [0.3, 0.4) is 0 Å². The van der Waals surface area contributed by atoms with E-state index in [1.54, 1.807) is 0 Å². The summed E-state index contributed by atoms with van der Waals surface area (Å²) >= 11 is 0. The van der Waals surface area contributed by atoms with E-state index in [-0.39, 0.29) is 18.8 Å². The standard InChI is InChI=1S/C19H26F5NO/c20-18(21)11-10-14(13-18)17(5-3-1-2-4-12-25)26-16-8-6-15(7-9-16)19(22,23)24/h6-9,14,17H,1-5,10-13,25H2/t14-,17?/m1/s1. The molecule has 1 saturated carbocycles. The highest BCUT2D eigenvalue weighted by atomic mass is 19.4. The molecule has 1 aromatic rings. The summed E-state index contributed by atoms with van der Waals surface area (Å²) in [5.74, 6) is -2.66. The van der Waals surface area contributed by atoms with Crippen molar-refractivity contribution in [3.8, 4) is 5.75 Å². The van der Waals surface area contributed by atoms with Crippen molar-refractivity contribution in [2.45, 2.75) is 69.6 Å². The Balaban J connectivity index is 1.98. The molecule has 0 heterocycles. The van der Waals surface area contributed by atoms with Crippen LogP contribution in [0.5, 0.6) is 5.75 Å². The minimum Gasteiger partial charge on any atom is -0.490 e. The lowest BCUT2D eigenvalue weighted by Gasteiger charge is -2.25. The molecule has 7 heteroatoms. The number of hydrogen-bond acceptors (Lipinski definition) is 2. The van der Waals surface area contributed by atoms with E-state index in [1.165, 1.54) is 12.1 Å². The molecule has 0 aromatic heterocycles. The lowest BCUT2D eigenvalue weighted by molar-refractivity contribution is -0.137. The fourth-order valence-electron chi connectivity index (χ4n) is 3.43. The topological polar surface area (TPSA) is 35.2 Å². The fraction of sp³-hybridized carbons (Fsp3) is 0.684. The van der Waals surface area contributed by atoms with Crippen molar-refractivity contribution in [2.75, 3.05) is 6.54 Å². The molecule has 1 aromatic carbocycles. The maximum atomic E-state index is 13.6. The number of hydrogen-bond donors (Lipinski definition) is 1. The van der Waals surface area contributed by atoms with Gasteiger partial charge in [0.05, 0.1) is 5.56 Å². The summed E-state index contributed by atoms with van der Waals surface area (Å²) in [6, 6.07) is 4.43. The van der Waals surface area contributed by atoms with Gasteiger partial charge in [0, 0.05) is 18.8 Å². The lowest BCUT2D eigenvalue weighted by Crippen LogP contribution is -2.27. The van der Waals surface area contributed by atoms with Gasteiger partial charge in [0.25, 0.3) is 0 Å². The second-order valence-electron chi connectivity index (χ2n) is 7.03. The van der Waals surface area contributed by atoms with Gasteiger partial charge in [-0.3, -0.25) is 0 Å². The Kier molecular flexibility index (Phi) is 7.26. The largest absolute Gasteiger partial charge is 0.490 e. The lowest BCUT2D eigenvalue weighted by atomic mass is 9.95. The van der Waals surface area contributed by atoms with Crippen molar-refractivity contribution >= 4 is 0 Å². The molecule has 1 fully saturated rings. The highest BCUT2D eigenvalue weighted by Gasteiger charge is 2.43. The molecule has 0 spiro atoms. The van der Waals surface area contributed by atoms with Crippen LogP contribution in [-0.2, 0) is 6.18 Å².